The number of rotatable bonds is 6. The summed E-state index contributed by atoms with van der Waals surface area (Å²) >= 11 is 0. The lowest BCUT2D eigenvalue weighted by Gasteiger charge is -2.19. The van der Waals surface area contributed by atoms with Gasteiger partial charge in [-0.2, -0.15) is 14.6 Å². The first-order chi connectivity index (χ1) is 14.4. The molecule has 160 valence electrons. The van der Waals surface area contributed by atoms with Crippen molar-refractivity contribution in [3.8, 4) is 6.01 Å². The van der Waals surface area contributed by atoms with Gasteiger partial charge < -0.3 is 36.4 Å². The molecule has 0 spiro atoms. The van der Waals surface area contributed by atoms with Crippen molar-refractivity contribution in [2.45, 2.75) is 37.6 Å². The summed E-state index contributed by atoms with van der Waals surface area (Å²) in [4.78, 5) is 20.8. The standard InChI is InChI=1S/C18H22N6O6/c19-17-22-14-11(15(28)24(17)20)21-18(29-8-9-4-2-1-3-5-9)23(14)16-13(27)12(26)10(30-16)6-7-25/h1-5,10,12-13,16,25-27H,6-8,20H2,(H2,19,22)/t10-,12+,13-,16-/m1/s1. The van der Waals surface area contributed by atoms with Crippen molar-refractivity contribution in [3.05, 3.63) is 46.2 Å². The van der Waals surface area contributed by atoms with E-state index in [1.165, 1.54) is 4.57 Å². The number of hydrogen-bond donors (Lipinski definition) is 5. The van der Waals surface area contributed by atoms with E-state index in [1.807, 2.05) is 30.3 Å². The third-order valence-electron chi connectivity index (χ3n) is 4.96. The molecule has 0 amide bonds. The molecule has 4 atom stereocenters. The van der Waals surface area contributed by atoms with Crippen LogP contribution in [0.25, 0.3) is 11.2 Å². The fraction of sp³-hybridized carbons (Fsp3) is 0.389. The molecule has 0 aliphatic carbocycles. The number of ether oxygens (including phenoxy) is 2. The van der Waals surface area contributed by atoms with Gasteiger partial charge >= 0.3 is 11.6 Å². The van der Waals surface area contributed by atoms with Gasteiger partial charge in [0, 0.05) is 6.61 Å². The first-order valence-electron chi connectivity index (χ1n) is 9.27. The van der Waals surface area contributed by atoms with Crippen molar-refractivity contribution in [3.63, 3.8) is 0 Å². The van der Waals surface area contributed by atoms with Gasteiger partial charge in [0.1, 0.15) is 18.8 Å². The van der Waals surface area contributed by atoms with Crippen LogP contribution in [0.3, 0.4) is 0 Å². The molecule has 12 nitrogen and oxygen atoms in total. The van der Waals surface area contributed by atoms with Crippen molar-refractivity contribution in [1.82, 2.24) is 19.2 Å². The smallest absolute Gasteiger partial charge is 0.301 e. The number of imidazole rings is 1. The Hall–Kier alpha value is -3.19. The molecule has 0 bridgehead atoms. The minimum absolute atomic E-state index is 0.0110. The Kier molecular flexibility index (Phi) is 5.30. The predicted molar refractivity (Wildman–Crippen MR) is 105 cm³/mol. The lowest BCUT2D eigenvalue weighted by molar-refractivity contribution is -0.0447. The zero-order chi connectivity index (χ0) is 21.4. The Morgan fingerprint density at radius 1 is 1.17 bits per heavy atom. The van der Waals surface area contributed by atoms with E-state index in [-0.39, 0.29) is 42.8 Å². The zero-order valence-corrected chi connectivity index (χ0v) is 15.8. The van der Waals surface area contributed by atoms with Gasteiger partial charge in [-0.3, -0.25) is 4.79 Å². The molecular formula is C18H22N6O6. The Morgan fingerprint density at radius 2 is 1.90 bits per heavy atom. The quantitative estimate of drug-likeness (QED) is 0.294. The average Bonchev–Trinajstić information content (AvgIpc) is 3.24. The van der Waals surface area contributed by atoms with Crippen LogP contribution < -0.4 is 21.9 Å². The van der Waals surface area contributed by atoms with E-state index >= 15 is 0 Å². The normalized spacial score (nSPS) is 23.8. The van der Waals surface area contributed by atoms with Crippen LogP contribution in [0.5, 0.6) is 6.01 Å². The summed E-state index contributed by atoms with van der Waals surface area (Å²) in [5.74, 6) is 5.34. The summed E-state index contributed by atoms with van der Waals surface area (Å²) < 4.78 is 13.5. The number of fused-ring (bicyclic) bond motifs is 1. The Balaban J connectivity index is 1.80. The van der Waals surface area contributed by atoms with E-state index in [9.17, 15) is 20.1 Å². The maximum absolute atomic E-state index is 12.5. The van der Waals surface area contributed by atoms with Gasteiger partial charge in [0.25, 0.3) is 0 Å². The molecule has 1 saturated heterocycles. The van der Waals surface area contributed by atoms with E-state index in [4.69, 9.17) is 21.1 Å². The van der Waals surface area contributed by atoms with Crippen molar-refractivity contribution < 1.29 is 24.8 Å². The Bertz CT molecular complexity index is 1100. The molecule has 3 heterocycles. The number of aliphatic hydroxyl groups excluding tert-OH is 3. The number of hydrogen-bond acceptors (Lipinski definition) is 10. The average molecular weight is 418 g/mol. The second-order valence-corrected chi connectivity index (χ2v) is 6.91. The van der Waals surface area contributed by atoms with Crippen LogP contribution in [0.15, 0.2) is 35.1 Å². The lowest BCUT2D eigenvalue weighted by Crippen LogP contribution is -2.33. The first kappa shape index (κ1) is 20.1. The highest BCUT2D eigenvalue weighted by molar-refractivity contribution is 5.73. The number of aliphatic hydroxyl groups is 3. The second-order valence-electron chi connectivity index (χ2n) is 6.91. The Morgan fingerprint density at radius 3 is 2.60 bits per heavy atom. The summed E-state index contributed by atoms with van der Waals surface area (Å²) in [6.07, 6.45) is -4.56. The number of nitrogen functional groups attached to an aromatic ring is 2. The van der Waals surface area contributed by atoms with Crippen molar-refractivity contribution >= 4 is 17.1 Å². The van der Waals surface area contributed by atoms with Gasteiger partial charge in [0.15, 0.2) is 17.4 Å². The minimum atomic E-state index is -1.39. The fourth-order valence-corrected chi connectivity index (χ4v) is 3.40. The molecule has 12 heteroatoms. The summed E-state index contributed by atoms with van der Waals surface area (Å²) in [5.41, 5.74) is 5.71. The largest absolute Gasteiger partial charge is 0.460 e. The van der Waals surface area contributed by atoms with Gasteiger partial charge in [0.05, 0.1) is 6.10 Å². The summed E-state index contributed by atoms with van der Waals surface area (Å²) in [6, 6.07) is 9.18. The van der Waals surface area contributed by atoms with E-state index in [0.717, 1.165) is 5.56 Å². The molecule has 1 aliphatic heterocycles. The predicted octanol–water partition coefficient (Wildman–Crippen LogP) is -1.53. The topological polar surface area (TPSA) is 184 Å². The fourth-order valence-electron chi connectivity index (χ4n) is 3.40. The number of benzene rings is 1. The van der Waals surface area contributed by atoms with Gasteiger partial charge in [-0.1, -0.05) is 30.3 Å². The van der Waals surface area contributed by atoms with Crippen LogP contribution in [-0.2, 0) is 11.3 Å². The minimum Gasteiger partial charge on any atom is -0.460 e. The molecule has 1 fully saturated rings. The van der Waals surface area contributed by atoms with Gasteiger partial charge in [-0.05, 0) is 12.0 Å². The number of aromatic nitrogens is 4. The maximum Gasteiger partial charge on any atom is 0.301 e. The van der Waals surface area contributed by atoms with Crippen LogP contribution in [0.4, 0.5) is 5.95 Å². The van der Waals surface area contributed by atoms with Crippen molar-refractivity contribution in [1.29, 1.82) is 0 Å². The van der Waals surface area contributed by atoms with Crippen LogP contribution >= 0.6 is 0 Å². The third-order valence-corrected chi connectivity index (χ3v) is 4.96. The maximum atomic E-state index is 12.5. The summed E-state index contributed by atoms with van der Waals surface area (Å²) in [6.45, 7) is -0.131. The molecule has 0 unspecified atom stereocenters. The molecule has 3 aromatic rings. The van der Waals surface area contributed by atoms with Gasteiger partial charge in [-0.25, -0.2) is 4.57 Å². The molecule has 0 radical (unpaired) electrons. The molecule has 0 saturated carbocycles. The van der Waals surface area contributed by atoms with Gasteiger partial charge in [0.2, 0.25) is 5.95 Å². The SMILES string of the molecule is Nc1nc2c(nc(OCc3ccccc3)n2[C@@H]2O[C@H](CCO)[C@H](O)[C@H]2O)c(=O)n1N. The van der Waals surface area contributed by atoms with Crippen LogP contribution in [-0.4, -0.2) is 59.4 Å². The van der Waals surface area contributed by atoms with E-state index in [0.29, 0.717) is 4.68 Å². The van der Waals surface area contributed by atoms with Crippen molar-refractivity contribution in [2.75, 3.05) is 18.2 Å². The summed E-state index contributed by atoms with van der Waals surface area (Å²) in [5, 5.41) is 30.0. The van der Waals surface area contributed by atoms with Crippen LogP contribution in [0, 0.1) is 0 Å². The molecule has 2 aromatic heterocycles. The zero-order valence-electron chi connectivity index (χ0n) is 15.8. The lowest BCUT2D eigenvalue weighted by atomic mass is 10.1. The number of nitrogens with two attached hydrogens (primary N) is 2. The number of anilines is 1. The van der Waals surface area contributed by atoms with Gasteiger partial charge in [-0.15, -0.1) is 0 Å². The second kappa shape index (κ2) is 7.91. The third kappa shape index (κ3) is 3.35. The van der Waals surface area contributed by atoms with Crippen LogP contribution in [0.1, 0.15) is 18.2 Å². The molecule has 30 heavy (non-hydrogen) atoms. The highest BCUT2D eigenvalue weighted by atomic mass is 16.6. The first-order valence-corrected chi connectivity index (χ1v) is 9.27. The van der Waals surface area contributed by atoms with E-state index in [1.54, 1.807) is 0 Å². The number of nitrogens with zero attached hydrogens (tertiary/aromatic N) is 4. The summed E-state index contributed by atoms with van der Waals surface area (Å²) in [7, 11) is 0. The highest BCUT2D eigenvalue weighted by Gasteiger charge is 2.45. The Labute approximate surface area is 169 Å². The molecular weight excluding hydrogens is 396 g/mol. The van der Waals surface area contributed by atoms with E-state index < -0.39 is 30.1 Å². The van der Waals surface area contributed by atoms with Crippen LogP contribution in [0.2, 0.25) is 0 Å². The molecule has 1 aromatic carbocycles. The van der Waals surface area contributed by atoms with Crippen molar-refractivity contribution in [2.24, 2.45) is 0 Å². The van der Waals surface area contributed by atoms with E-state index in [2.05, 4.69) is 9.97 Å². The molecule has 7 N–H and O–H groups in total. The highest BCUT2D eigenvalue weighted by Crippen LogP contribution is 2.36. The molecule has 1 aliphatic rings. The molecule has 4 rings (SSSR count). The monoisotopic (exact) mass is 418 g/mol.